The van der Waals surface area contributed by atoms with E-state index in [9.17, 15) is 13.6 Å². The minimum absolute atomic E-state index is 0.263. The Balaban J connectivity index is 2.05. The molecule has 1 amide bonds. The number of halogens is 2. The van der Waals surface area contributed by atoms with Crippen LogP contribution < -0.4 is 5.32 Å². The highest BCUT2D eigenvalue weighted by atomic mass is 19.3. The van der Waals surface area contributed by atoms with Crippen molar-refractivity contribution in [2.75, 3.05) is 39.5 Å². The van der Waals surface area contributed by atoms with Crippen LogP contribution in [0, 0.1) is 0 Å². The van der Waals surface area contributed by atoms with E-state index < -0.39 is 13.0 Å². The van der Waals surface area contributed by atoms with E-state index >= 15 is 0 Å². The summed E-state index contributed by atoms with van der Waals surface area (Å²) in [6, 6.07) is 0.306. The summed E-state index contributed by atoms with van der Waals surface area (Å²) < 4.78 is 33.3. The predicted octanol–water partition coefficient (Wildman–Crippen LogP) is 1.48. The molecule has 0 bridgehead atoms. The van der Waals surface area contributed by atoms with E-state index in [2.05, 4.69) is 5.32 Å². The van der Waals surface area contributed by atoms with Crippen LogP contribution in [0.4, 0.5) is 13.6 Å². The van der Waals surface area contributed by atoms with E-state index in [0.717, 1.165) is 12.8 Å². The van der Waals surface area contributed by atoms with Crippen LogP contribution in [0.25, 0.3) is 0 Å². The van der Waals surface area contributed by atoms with Gasteiger partial charge in [-0.1, -0.05) is 0 Å². The van der Waals surface area contributed by atoms with Crippen molar-refractivity contribution in [2.45, 2.75) is 32.2 Å². The number of nitrogens with one attached hydrogen (secondary N) is 1. The smallest absolute Gasteiger partial charge is 0.409 e. The van der Waals surface area contributed by atoms with E-state index in [1.807, 2.05) is 0 Å². The molecule has 0 radical (unpaired) electrons. The molecule has 0 aromatic rings. The number of hydrogen-bond donors (Lipinski definition) is 1. The van der Waals surface area contributed by atoms with Crippen LogP contribution >= 0.6 is 0 Å². The summed E-state index contributed by atoms with van der Waals surface area (Å²) in [5.74, 6) is 0. The van der Waals surface area contributed by atoms with Gasteiger partial charge in [0.15, 0.2) is 0 Å². The first-order valence-corrected chi connectivity index (χ1v) is 6.64. The SMILES string of the molecule is CCOC(=O)N1CCC(NCCOCC(F)F)CC1. The fourth-order valence-electron chi connectivity index (χ4n) is 1.99. The number of amides is 1. The van der Waals surface area contributed by atoms with Crippen LogP contribution in [0.5, 0.6) is 0 Å². The molecule has 112 valence electrons. The number of rotatable bonds is 7. The van der Waals surface area contributed by atoms with E-state index in [0.29, 0.717) is 32.3 Å². The summed E-state index contributed by atoms with van der Waals surface area (Å²) in [4.78, 5) is 13.1. The third kappa shape index (κ3) is 6.68. The highest BCUT2D eigenvalue weighted by Gasteiger charge is 2.22. The van der Waals surface area contributed by atoms with Crippen molar-refractivity contribution >= 4 is 6.09 Å². The minimum Gasteiger partial charge on any atom is -0.450 e. The zero-order valence-electron chi connectivity index (χ0n) is 11.2. The normalized spacial score (nSPS) is 16.9. The zero-order chi connectivity index (χ0) is 14.1. The number of ether oxygens (including phenoxy) is 2. The Morgan fingerprint density at radius 3 is 2.68 bits per heavy atom. The Hall–Kier alpha value is -0.950. The third-order valence-corrected chi connectivity index (χ3v) is 2.94. The molecule has 0 aromatic carbocycles. The third-order valence-electron chi connectivity index (χ3n) is 2.94. The predicted molar refractivity (Wildman–Crippen MR) is 66.4 cm³/mol. The molecule has 1 aliphatic heterocycles. The van der Waals surface area contributed by atoms with Crippen molar-refractivity contribution in [1.29, 1.82) is 0 Å². The number of likely N-dealkylation sites (tertiary alicyclic amines) is 1. The number of carbonyl (C=O) groups is 1. The average Bonchev–Trinajstić information content (AvgIpc) is 2.39. The first-order valence-electron chi connectivity index (χ1n) is 6.64. The Kier molecular flexibility index (Phi) is 7.66. The van der Waals surface area contributed by atoms with Crippen molar-refractivity contribution in [2.24, 2.45) is 0 Å². The standard InChI is InChI=1S/C12H22F2N2O3/c1-2-19-12(17)16-6-3-10(4-7-16)15-5-8-18-9-11(13)14/h10-11,15H,2-9H2,1H3. The van der Waals surface area contributed by atoms with Gasteiger partial charge in [0.1, 0.15) is 6.61 Å². The minimum atomic E-state index is -2.41. The van der Waals surface area contributed by atoms with Crippen LogP contribution in [0.15, 0.2) is 0 Å². The van der Waals surface area contributed by atoms with Crippen molar-refractivity contribution in [3.8, 4) is 0 Å². The summed E-state index contributed by atoms with van der Waals surface area (Å²) in [6.45, 7) is 3.81. The highest BCUT2D eigenvalue weighted by Crippen LogP contribution is 2.11. The zero-order valence-corrected chi connectivity index (χ0v) is 11.2. The van der Waals surface area contributed by atoms with Crippen LogP contribution in [0.1, 0.15) is 19.8 Å². The fourth-order valence-corrected chi connectivity index (χ4v) is 1.99. The van der Waals surface area contributed by atoms with Crippen LogP contribution in [-0.2, 0) is 9.47 Å². The first-order chi connectivity index (χ1) is 9.13. The van der Waals surface area contributed by atoms with Gasteiger partial charge >= 0.3 is 6.09 Å². The van der Waals surface area contributed by atoms with Gasteiger partial charge in [0.25, 0.3) is 6.43 Å². The maximum atomic E-state index is 11.8. The quantitative estimate of drug-likeness (QED) is 0.718. The molecule has 1 aliphatic rings. The maximum Gasteiger partial charge on any atom is 0.409 e. The lowest BCUT2D eigenvalue weighted by Gasteiger charge is -2.31. The molecular weight excluding hydrogens is 258 g/mol. The van der Waals surface area contributed by atoms with Crippen molar-refractivity contribution in [3.63, 3.8) is 0 Å². The fraction of sp³-hybridized carbons (Fsp3) is 0.917. The van der Waals surface area contributed by atoms with Crippen LogP contribution in [-0.4, -0.2) is 62.9 Å². The van der Waals surface area contributed by atoms with Gasteiger partial charge in [-0.15, -0.1) is 0 Å². The maximum absolute atomic E-state index is 11.8. The molecular formula is C12H22F2N2O3. The summed E-state index contributed by atoms with van der Waals surface area (Å²) in [5.41, 5.74) is 0. The van der Waals surface area contributed by atoms with E-state index in [4.69, 9.17) is 9.47 Å². The molecule has 1 saturated heterocycles. The number of nitrogens with zero attached hydrogens (tertiary/aromatic N) is 1. The molecule has 1 heterocycles. The van der Waals surface area contributed by atoms with Gasteiger partial charge in [-0.2, -0.15) is 0 Å². The van der Waals surface area contributed by atoms with Crippen molar-refractivity contribution in [3.05, 3.63) is 0 Å². The monoisotopic (exact) mass is 280 g/mol. The number of hydrogen-bond acceptors (Lipinski definition) is 4. The summed E-state index contributed by atoms with van der Waals surface area (Å²) in [6.07, 6.45) is -0.990. The summed E-state index contributed by atoms with van der Waals surface area (Å²) >= 11 is 0. The van der Waals surface area contributed by atoms with Gasteiger partial charge in [0, 0.05) is 25.7 Å². The van der Waals surface area contributed by atoms with Crippen molar-refractivity contribution in [1.82, 2.24) is 10.2 Å². The molecule has 0 atom stereocenters. The van der Waals surface area contributed by atoms with Crippen LogP contribution in [0.2, 0.25) is 0 Å². The molecule has 7 heteroatoms. The first kappa shape index (κ1) is 16.1. The van der Waals surface area contributed by atoms with Gasteiger partial charge in [-0.25, -0.2) is 13.6 Å². The van der Waals surface area contributed by atoms with Gasteiger partial charge in [-0.05, 0) is 19.8 Å². The summed E-state index contributed by atoms with van der Waals surface area (Å²) in [5, 5.41) is 3.24. The van der Waals surface area contributed by atoms with E-state index in [1.54, 1.807) is 11.8 Å². The van der Waals surface area contributed by atoms with Gasteiger partial charge in [-0.3, -0.25) is 0 Å². The number of carbonyl (C=O) groups excluding carboxylic acids is 1. The second-order valence-electron chi connectivity index (χ2n) is 4.38. The number of alkyl halides is 2. The molecule has 1 fully saturated rings. The Morgan fingerprint density at radius 2 is 2.11 bits per heavy atom. The van der Waals surface area contributed by atoms with Gasteiger partial charge in [0.2, 0.25) is 0 Å². The molecule has 0 aliphatic carbocycles. The Morgan fingerprint density at radius 1 is 1.42 bits per heavy atom. The van der Waals surface area contributed by atoms with Crippen molar-refractivity contribution < 1.29 is 23.0 Å². The van der Waals surface area contributed by atoms with E-state index in [1.165, 1.54) is 0 Å². The van der Waals surface area contributed by atoms with Gasteiger partial charge < -0.3 is 19.7 Å². The lowest BCUT2D eigenvalue weighted by Crippen LogP contribution is -2.45. The highest BCUT2D eigenvalue weighted by molar-refractivity contribution is 5.67. The Bertz CT molecular complexity index is 259. The van der Waals surface area contributed by atoms with E-state index in [-0.39, 0.29) is 12.7 Å². The molecule has 0 unspecified atom stereocenters. The molecule has 1 N–H and O–H groups in total. The van der Waals surface area contributed by atoms with Crippen LogP contribution in [0.3, 0.4) is 0 Å². The molecule has 19 heavy (non-hydrogen) atoms. The molecule has 0 aromatic heterocycles. The second-order valence-corrected chi connectivity index (χ2v) is 4.38. The molecule has 0 spiro atoms. The molecule has 5 nitrogen and oxygen atoms in total. The Labute approximate surface area is 112 Å². The largest absolute Gasteiger partial charge is 0.450 e. The second kappa shape index (κ2) is 9.03. The topological polar surface area (TPSA) is 50.8 Å². The molecule has 1 rings (SSSR count). The number of piperidine rings is 1. The lowest BCUT2D eigenvalue weighted by atomic mass is 10.1. The lowest BCUT2D eigenvalue weighted by molar-refractivity contribution is 0.0176. The molecule has 0 saturated carbocycles. The summed E-state index contributed by atoms with van der Waals surface area (Å²) in [7, 11) is 0. The van der Waals surface area contributed by atoms with Gasteiger partial charge in [0.05, 0.1) is 13.2 Å². The average molecular weight is 280 g/mol.